The first-order valence-electron chi connectivity index (χ1n) is 10.6. The lowest BCUT2D eigenvalue weighted by molar-refractivity contribution is 0.142. The molecule has 2 nitrogen and oxygen atoms in total. The Labute approximate surface area is 158 Å². The molecule has 0 aromatic heterocycles. The molecule has 2 N–H and O–H groups in total. The third-order valence-corrected chi connectivity index (χ3v) is 7.60. The summed E-state index contributed by atoms with van der Waals surface area (Å²) < 4.78 is 0. The maximum absolute atomic E-state index is 10.6. The summed E-state index contributed by atoms with van der Waals surface area (Å²) in [6.45, 7) is 7.03. The Balaban J connectivity index is 1.73. The fourth-order valence-corrected chi connectivity index (χ4v) is 6.30. The van der Waals surface area contributed by atoms with Crippen LogP contribution in [-0.2, 0) is 11.8 Å². The highest BCUT2D eigenvalue weighted by atomic mass is 16.3. The van der Waals surface area contributed by atoms with Crippen LogP contribution in [0.2, 0.25) is 0 Å². The predicted molar refractivity (Wildman–Crippen MR) is 106 cm³/mol. The van der Waals surface area contributed by atoms with Gasteiger partial charge in [0.15, 0.2) is 0 Å². The summed E-state index contributed by atoms with van der Waals surface area (Å²) in [5.41, 5.74) is 6.34. The Kier molecular flexibility index (Phi) is 4.46. The van der Waals surface area contributed by atoms with Gasteiger partial charge in [0.05, 0.1) is 6.10 Å². The summed E-state index contributed by atoms with van der Waals surface area (Å²) in [5.74, 6) is 1.15. The van der Waals surface area contributed by atoms with Crippen LogP contribution >= 0.6 is 0 Å². The fraction of sp³-hybridized carbons (Fsp3) is 0.667. The number of rotatable bonds is 4. The van der Waals surface area contributed by atoms with Gasteiger partial charge in [-0.25, -0.2) is 0 Å². The molecule has 26 heavy (non-hydrogen) atoms. The highest BCUT2D eigenvalue weighted by Crippen LogP contribution is 2.61. The van der Waals surface area contributed by atoms with E-state index in [1.165, 1.54) is 43.2 Å². The number of hydrogen-bond acceptors (Lipinski definition) is 2. The number of hydrogen-bond donors (Lipinski definition) is 2. The first-order valence-corrected chi connectivity index (χ1v) is 10.6. The van der Waals surface area contributed by atoms with Crippen molar-refractivity contribution in [3.8, 4) is 5.75 Å². The minimum absolute atomic E-state index is 0.0994. The van der Waals surface area contributed by atoms with E-state index in [9.17, 15) is 10.2 Å². The standard InChI is InChI=1S/C24H34O2/c1-16(2)5-4-10-24-12-11-23(3)20-9-7-18(25)13-17(20)6-8-21(23)22(24)14-19(26)15-24/h7,9,13,16,19,25-26H,4-6,8,10-12,14-15H2,1-3H3/t19-,23-,24-/m0/s1. The van der Waals surface area contributed by atoms with Crippen molar-refractivity contribution in [3.05, 3.63) is 40.5 Å². The van der Waals surface area contributed by atoms with Crippen molar-refractivity contribution in [1.29, 1.82) is 0 Å². The van der Waals surface area contributed by atoms with E-state index in [0.29, 0.717) is 5.75 Å². The number of aromatic hydroxyl groups is 1. The summed E-state index contributed by atoms with van der Waals surface area (Å²) in [4.78, 5) is 0. The van der Waals surface area contributed by atoms with Gasteiger partial charge in [-0.1, -0.05) is 50.8 Å². The maximum atomic E-state index is 10.6. The van der Waals surface area contributed by atoms with Crippen LogP contribution < -0.4 is 0 Å². The predicted octanol–water partition coefficient (Wildman–Crippen LogP) is 5.65. The van der Waals surface area contributed by atoms with Crippen LogP contribution in [0.5, 0.6) is 5.75 Å². The van der Waals surface area contributed by atoms with Gasteiger partial charge >= 0.3 is 0 Å². The molecule has 3 aliphatic rings. The SMILES string of the molecule is CC(C)CCC[C@@]12CC[C@]3(C)C(=C1C[C@H](O)C2)CCc1cc(O)ccc13. The highest BCUT2D eigenvalue weighted by molar-refractivity contribution is 5.52. The molecule has 0 aliphatic heterocycles. The highest BCUT2D eigenvalue weighted by Gasteiger charge is 2.51. The van der Waals surface area contributed by atoms with Crippen molar-refractivity contribution >= 4 is 0 Å². The van der Waals surface area contributed by atoms with Gasteiger partial charge in [-0.3, -0.25) is 0 Å². The zero-order valence-electron chi connectivity index (χ0n) is 16.6. The fourth-order valence-electron chi connectivity index (χ4n) is 6.30. The number of allylic oxidation sites excluding steroid dienone is 1. The summed E-state index contributed by atoms with van der Waals surface area (Å²) >= 11 is 0. The van der Waals surface area contributed by atoms with E-state index in [1.807, 2.05) is 12.1 Å². The molecule has 3 aliphatic carbocycles. The minimum Gasteiger partial charge on any atom is -0.508 e. The summed E-state index contributed by atoms with van der Waals surface area (Å²) in [7, 11) is 0. The number of phenols is 1. The van der Waals surface area contributed by atoms with Gasteiger partial charge in [-0.2, -0.15) is 0 Å². The molecule has 0 heterocycles. The third kappa shape index (κ3) is 2.81. The quantitative estimate of drug-likeness (QED) is 0.686. The molecular weight excluding hydrogens is 320 g/mol. The van der Waals surface area contributed by atoms with E-state index in [0.717, 1.165) is 31.6 Å². The number of aryl methyl sites for hydroxylation is 1. The normalized spacial score (nSPS) is 33.2. The lowest BCUT2D eigenvalue weighted by Crippen LogP contribution is -2.39. The molecular formula is C24H34O2. The second-order valence-corrected chi connectivity index (χ2v) is 9.76. The van der Waals surface area contributed by atoms with Crippen LogP contribution in [0.15, 0.2) is 29.3 Å². The number of aliphatic hydroxyl groups is 1. The lowest BCUT2D eigenvalue weighted by atomic mass is 9.55. The minimum atomic E-state index is -0.153. The van der Waals surface area contributed by atoms with Crippen LogP contribution in [0, 0.1) is 11.3 Å². The molecule has 1 fully saturated rings. The van der Waals surface area contributed by atoms with E-state index in [1.54, 1.807) is 11.1 Å². The Bertz CT molecular complexity index is 732. The number of phenolic OH excluding ortho intramolecular Hbond substituents is 1. The summed E-state index contributed by atoms with van der Waals surface area (Å²) in [6.07, 6.45) is 10.0. The zero-order valence-corrected chi connectivity index (χ0v) is 16.6. The van der Waals surface area contributed by atoms with Crippen molar-refractivity contribution in [2.75, 3.05) is 0 Å². The maximum Gasteiger partial charge on any atom is 0.115 e. The average Bonchev–Trinajstić information content (AvgIpc) is 2.90. The zero-order chi connectivity index (χ0) is 18.5. The van der Waals surface area contributed by atoms with Gasteiger partial charge in [0.2, 0.25) is 0 Å². The number of fused-ring (bicyclic) bond motifs is 4. The topological polar surface area (TPSA) is 40.5 Å². The third-order valence-electron chi connectivity index (χ3n) is 7.60. The molecule has 4 rings (SSSR count). The molecule has 0 bridgehead atoms. The van der Waals surface area contributed by atoms with E-state index in [-0.39, 0.29) is 16.9 Å². The van der Waals surface area contributed by atoms with Crippen molar-refractivity contribution in [2.45, 2.75) is 90.1 Å². The van der Waals surface area contributed by atoms with E-state index < -0.39 is 0 Å². The van der Waals surface area contributed by atoms with Crippen LogP contribution in [0.4, 0.5) is 0 Å². The van der Waals surface area contributed by atoms with E-state index >= 15 is 0 Å². The molecule has 0 spiro atoms. The van der Waals surface area contributed by atoms with Crippen molar-refractivity contribution < 1.29 is 10.2 Å². The molecule has 2 heteroatoms. The van der Waals surface area contributed by atoms with Crippen molar-refractivity contribution in [3.63, 3.8) is 0 Å². The van der Waals surface area contributed by atoms with Gasteiger partial charge in [0.1, 0.15) is 5.75 Å². The van der Waals surface area contributed by atoms with Crippen LogP contribution in [0.1, 0.15) is 83.3 Å². The molecule has 0 amide bonds. The van der Waals surface area contributed by atoms with Crippen molar-refractivity contribution in [1.82, 2.24) is 0 Å². The smallest absolute Gasteiger partial charge is 0.115 e. The molecule has 1 aromatic rings. The molecule has 142 valence electrons. The van der Waals surface area contributed by atoms with E-state index in [4.69, 9.17) is 0 Å². The second-order valence-electron chi connectivity index (χ2n) is 9.76. The van der Waals surface area contributed by atoms with Crippen LogP contribution in [-0.4, -0.2) is 16.3 Å². The Morgan fingerprint density at radius 3 is 2.73 bits per heavy atom. The molecule has 0 saturated heterocycles. The van der Waals surface area contributed by atoms with Gasteiger partial charge in [-0.15, -0.1) is 0 Å². The molecule has 0 unspecified atom stereocenters. The van der Waals surface area contributed by atoms with E-state index in [2.05, 4.69) is 26.8 Å². The number of aliphatic hydroxyl groups excluding tert-OH is 1. The Morgan fingerprint density at radius 1 is 1.15 bits per heavy atom. The molecule has 1 aromatic carbocycles. The second kappa shape index (κ2) is 6.41. The molecule has 1 saturated carbocycles. The number of benzene rings is 1. The summed E-state index contributed by atoms with van der Waals surface area (Å²) in [5, 5.41) is 20.5. The monoisotopic (exact) mass is 354 g/mol. The first-order chi connectivity index (χ1) is 12.3. The molecule has 0 radical (unpaired) electrons. The van der Waals surface area contributed by atoms with Crippen LogP contribution in [0.25, 0.3) is 0 Å². The Morgan fingerprint density at radius 2 is 1.96 bits per heavy atom. The average molecular weight is 355 g/mol. The van der Waals surface area contributed by atoms with Crippen LogP contribution in [0.3, 0.4) is 0 Å². The van der Waals surface area contributed by atoms with Gasteiger partial charge in [0.25, 0.3) is 0 Å². The largest absolute Gasteiger partial charge is 0.508 e. The van der Waals surface area contributed by atoms with Gasteiger partial charge in [0, 0.05) is 5.41 Å². The van der Waals surface area contributed by atoms with Crippen molar-refractivity contribution in [2.24, 2.45) is 11.3 Å². The lowest BCUT2D eigenvalue weighted by Gasteiger charge is -2.49. The first kappa shape index (κ1) is 18.1. The van der Waals surface area contributed by atoms with Gasteiger partial charge < -0.3 is 10.2 Å². The Hall–Kier alpha value is -1.28. The van der Waals surface area contributed by atoms with Gasteiger partial charge in [-0.05, 0) is 79.5 Å². The summed E-state index contributed by atoms with van der Waals surface area (Å²) in [6, 6.07) is 5.98. The molecule has 3 atom stereocenters.